The van der Waals surface area contributed by atoms with E-state index in [4.69, 9.17) is 4.74 Å². The van der Waals surface area contributed by atoms with E-state index in [-0.39, 0.29) is 11.3 Å². The quantitative estimate of drug-likeness (QED) is 0.373. The molecule has 0 aliphatic carbocycles. The molecule has 124 valence electrons. The van der Waals surface area contributed by atoms with Crippen LogP contribution in [-0.4, -0.2) is 29.7 Å². The number of hydrogen-bond acceptors (Lipinski definition) is 6. The number of rotatable bonds is 6. The molecule has 2 aromatic rings. The smallest absolute Gasteiger partial charge is 0.338 e. The summed E-state index contributed by atoms with van der Waals surface area (Å²) in [5.41, 5.74) is 0.391. The van der Waals surface area contributed by atoms with Crippen molar-refractivity contribution in [1.29, 1.82) is 0 Å². The number of nitro groups is 1. The molecule has 0 saturated heterocycles. The summed E-state index contributed by atoms with van der Waals surface area (Å²) in [7, 11) is 0. The van der Waals surface area contributed by atoms with E-state index >= 15 is 0 Å². The zero-order valence-corrected chi connectivity index (χ0v) is 13.5. The number of nitro benzene ring substituents is 1. The van der Waals surface area contributed by atoms with Crippen LogP contribution in [0.3, 0.4) is 0 Å². The highest BCUT2D eigenvalue weighted by atomic mass is 32.2. The maximum absolute atomic E-state index is 11.8. The number of thioether (sulfide) groups is 1. The molecule has 7 nitrogen and oxygen atoms in total. The molecule has 2 aromatic carbocycles. The fourth-order valence-corrected chi connectivity index (χ4v) is 2.32. The molecule has 0 unspecified atom stereocenters. The first-order valence-electron chi connectivity index (χ1n) is 6.85. The summed E-state index contributed by atoms with van der Waals surface area (Å²) in [6.45, 7) is -0.481. The van der Waals surface area contributed by atoms with Gasteiger partial charge in [0.2, 0.25) is 0 Å². The molecule has 1 amide bonds. The zero-order valence-electron chi connectivity index (χ0n) is 12.7. The van der Waals surface area contributed by atoms with Gasteiger partial charge in [0.05, 0.1) is 10.5 Å². The third-order valence-electron chi connectivity index (χ3n) is 2.98. The number of amides is 1. The Labute approximate surface area is 142 Å². The molecule has 0 spiro atoms. The van der Waals surface area contributed by atoms with Gasteiger partial charge in [0.1, 0.15) is 0 Å². The lowest BCUT2D eigenvalue weighted by Gasteiger charge is -2.07. The van der Waals surface area contributed by atoms with E-state index in [0.29, 0.717) is 5.69 Å². The Hall–Kier alpha value is -2.87. The van der Waals surface area contributed by atoms with Crippen LogP contribution in [0, 0.1) is 10.1 Å². The van der Waals surface area contributed by atoms with Crippen LogP contribution in [0.5, 0.6) is 0 Å². The standard InChI is InChI=1S/C16H14N2O5S/c1-24-14-7-3-5-12(9-14)17-15(19)10-23-16(20)11-4-2-6-13(8-11)18(21)22/h2-9H,10H2,1H3,(H,17,19). The van der Waals surface area contributed by atoms with E-state index in [9.17, 15) is 19.7 Å². The molecule has 0 aliphatic rings. The minimum atomic E-state index is -0.799. The van der Waals surface area contributed by atoms with E-state index in [0.717, 1.165) is 11.0 Å². The number of anilines is 1. The summed E-state index contributed by atoms with van der Waals surface area (Å²) in [4.78, 5) is 34.7. The van der Waals surface area contributed by atoms with Crippen molar-refractivity contribution in [3.63, 3.8) is 0 Å². The van der Waals surface area contributed by atoms with Crippen LogP contribution in [0.2, 0.25) is 0 Å². The maximum atomic E-state index is 11.8. The zero-order chi connectivity index (χ0) is 17.5. The predicted octanol–water partition coefficient (Wildman–Crippen LogP) is 3.11. The second kappa shape index (κ2) is 8.11. The third kappa shape index (κ3) is 4.82. The maximum Gasteiger partial charge on any atom is 0.338 e. The summed E-state index contributed by atoms with van der Waals surface area (Å²) in [5, 5.41) is 13.3. The molecule has 0 fully saturated rings. The molecular weight excluding hydrogens is 332 g/mol. The van der Waals surface area contributed by atoms with Crippen molar-refractivity contribution >= 4 is 35.0 Å². The highest BCUT2D eigenvalue weighted by Crippen LogP contribution is 2.19. The van der Waals surface area contributed by atoms with E-state index < -0.39 is 23.4 Å². The van der Waals surface area contributed by atoms with Crippen molar-refractivity contribution in [3.8, 4) is 0 Å². The first kappa shape index (κ1) is 17.5. The van der Waals surface area contributed by atoms with Gasteiger partial charge in [-0.3, -0.25) is 14.9 Å². The summed E-state index contributed by atoms with van der Waals surface area (Å²) in [6.07, 6.45) is 1.92. The molecule has 0 aromatic heterocycles. The molecule has 0 saturated carbocycles. The van der Waals surface area contributed by atoms with Gasteiger partial charge >= 0.3 is 5.97 Å². The van der Waals surface area contributed by atoms with Crippen LogP contribution in [0.25, 0.3) is 0 Å². The average Bonchev–Trinajstić information content (AvgIpc) is 2.60. The molecule has 1 N–H and O–H groups in total. The lowest BCUT2D eigenvalue weighted by molar-refractivity contribution is -0.384. The Balaban J connectivity index is 1.92. The number of benzene rings is 2. The van der Waals surface area contributed by atoms with Crippen LogP contribution in [0.1, 0.15) is 10.4 Å². The molecule has 0 radical (unpaired) electrons. The topological polar surface area (TPSA) is 98.5 Å². The van der Waals surface area contributed by atoms with E-state index in [1.165, 1.54) is 30.0 Å². The van der Waals surface area contributed by atoms with Crippen molar-refractivity contribution in [2.45, 2.75) is 4.90 Å². The number of hydrogen-bond donors (Lipinski definition) is 1. The van der Waals surface area contributed by atoms with Crippen LogP contribution < -0.4 is 5.32 Å². The summed E-state index contributed by atoms with van der Waals surface area (Å²) < 4.78 is 4.87. The Morgan fingerprint density at radius 1 is 1.21 bits per heavy atom. The fraction of sp³-hybridized carbons (Fsp3) is 0.125. The van der Waals surface area contributed by atoms with E-state index in [1.54, 1.807) is 18.2 Å². The molecule has 0 aliphatic heterocycles. The van der Waals surface area contributed by atoms with Gasteiger partial charge in [-0.25, -0.2) is 4.79 Å². The summed E-state index contributed by atoms with van der Waals surface area (Å²) in [6, 6.07) is 12.4. The molecule has 0 heterocycles. The first-order chi connectivity index (χ1) is 11.5. The number of carbonyl (C=O) groups excluding carboxylic acids is 2. The Morgan fingerprint density at radius 2 is 1.96 bits per heavy atom. The highest BCUT2D eigenvalue weighted by Gasteiger charge is 2.14. The molecular formula is C16H14N2O5S. The number of carbonyl (C=O) groups is 2. The third-order valence-corrected chi connectivity index (χ3v) is 3.71. The van der Waals surface area contributed by atoms with Crippen molar-refractivity contribution < 1.29 is 19.2 Å². The van der Waals surface area contributed by atoms with Crippen LogP contribution in [0.15, 0.2) is 53.4 Å². The van der Waals surface area contributed by atoms with Gasteiger partial charge in [-0.05, 0) is 30.5 Å². The van der Waals surface area contributed by atoms with Gasteiger partial charge in [0, 0.05) is 22.7 Å². The van der Waals surface area contributed by atoms with E-state index in [2.05, 4.69) is 5.32 Å². The van der Waals surface area contributed by atoms with Gasteiger partial charge in [0.15, 0.2) is 6.61 Å². The largest absolute Gasteiger partial charge is 0.452 e. The van der Waals surface area contributed by atoms with Crippen molar-refractivity contribution in [2.75, 3.05) is 18.2 Å². The van der Waals surface area contributed by atoms with Crippen LogP contribution in [-0.2, 0) is 9.53 Å². The average molecular weight is 346 g/mol. The first-order valence-corrected chi connectivity index (χ1v) is 8.07. The SMILES string of the molecule is CSc1cccc(NC(=O)COC(=O)c2cccc([N+](=O)[O-])c2)c1. The van der Waals surface area contributed by atoms with Gasteiger partial charge < -0.3 is 10.1 Å². The Kier molecular flexibility index (Phi) is 5.91. The second-order valence-electron chi connectivity index (χ2n) is 4.66. The molecule has 0 atom stereocenters. The number of non-ortho nitro benzene ring substituents is 1. The fourth-order valence-electron chi connectivity index (χ4n) is 1.86. The highest BCUT2D eigenvalue weighted by molar-refractivity contribution is 7.98. The molecule has 24 heavy (non-hydrogen) atoms. The van der Waals surface area contributed by atoms with Gasteiger partial charge in [-0.1, -0.05) is 12.1 Å². The minimum absolute atomic E-state index is 0.0152. The number of ether oxygens (including phenoxy) is 1. The van der Waals surface area contributed by atoms with Gasteiger partial charge in [0.25, 0.3) is 11.6 Å². The molecule has 2 rings (SSSR count). The lowest BCUT2D eigenvalue weighted by atomic mass is 10.2. The van der Waals surface area contributed by atoms with Crippen molar-refractivity contribution in [3.05, 3.63) is 64.2 Å². The predicted molar refractivity (Wildman–Crippen MR) is 90.2 cm³/mol. The van der Waals surface area contributed by atoms with Crippen molar-refractivity contribution in [1.82, 2.24) is 0 Å². The van der Waals surface area contributed by atoms with Crippen LogP contribution in [0.4, 0.5) is 11.4 Å². The monoisotopic (exact) mass is 346 g/mol. The summed E-state index contributed by atoms with van der Waals surface area (Å²) in [5.74, 6) is -1.29. The number of nitrogens with one attached hydrogen (secondary N) is 1. The summed E-state index contributed by atoms with van der Waals surface area (Å²) >= 11 is 1.54. The molecule has 0 bridgehead atoms. The lowest BCUT2D eigenvalue weighted by Crippen LogP contribution is -2.21. The second-order valence-corrected chi connectivity index (χ2v) is 5.54. The number of nitrogens with zero attached hydrogens (tertiary/aromatic N) is 1. The van der Waals surface area contributed by atoms with Crippen LogP contribution >= 0.6 is 11.8 Å². The van der Waals surface area contributed by atoms with Crippen molar-refractivity contribution in [2.24, 2.45) is 0 Å². The van der Waals surface area contributed by atoms with E-state index in [1.807, 2.05) is 12.3 Å². The number of esters is 1. The Morgan fingerprint density at radius 3 is 2.67 bits per heavy atom. The normalized spacial score (nSPS) is 10.0. The minimum Gasteiger partial charge on any atom is -0.452 e. The molecule has 8 heteroatoms. The Bertz CT molecular complexity index is 779. The van der Waals surface area contributed by atoms with Gasteiger partial charge in [-0.2, -0.15) is 0 Å². The van der Waals surface area contributed by atoms with Gasteiger partial charge in [-0.15, -0.1) is 11.8 Å².